The van der Waals surface area contributed by atoms with Gasteiger partial charge in [0.1, 0.15) is 0 Å². The zero-order valence-electron chi connectivity index (χ0n) is 11.6. The number of nitrogens with one attached hydrogen (secondary N) is 1. The molecule has 1 atom stereocenters. The smallest absolute Gasteiger partial charge is 0.312 e. The molecule has 0 bridgehead atoms. The van der Waals surface area contributed by atoms with E-state index in [9.17, 15) is 4.79 Å². The highest BCUT2D eigenvalue weighted by molar-refractivity contribution is 5.77. The normalized spacial score (nSPS) is 15.6. The Kier molecular flexibility index (Phi) is 6.01. The molecule has 0 amide bonds. The van der Waals surface area contributed by atoms with Gasteiger partial charge in [0.05, 0.1) is 12.0 Å². The minimum Gasteiger partial charge on any atom is -0.465 e. The first kappa shape index (κ1) is 15.4. The van der Waals surface area contributed by atoms with Crippen LogP contribution < -0.4 is 5.32 Å². The lowest BCUT2D eigenvalue weighted by atomic mass is 9.66. The molecule has 0 fully saturated rings. The fourth-order valence-electron chi connectivity index (χ4n) is 1.55. The molecule has 0 aliphatic rings. The van der Waals surface area contributed by atoms with Gasteiger partial charge in [0.15, 0.2) is 0 Å². The van der Waals surface area contributed by atoms with Crippen molar-refractivity contribution in [3.05, 3.63) is 0 Å². The summed E-state index contributed by atoms with van der Waals surface area (Å²) in [5, 5.41) is 3.03. The molecule has 0 spiro atoms. The number of esters is 1. The van der Waals surface area contributed by atoms with Gasteiger partial charge in [0.25, 0.3) is 0 Å². The maximum Gasteiger partial charge on any atom is 0.312 e. The largest absolute Gasteiger partial charge is 0.465 e. The standard InChI is InChI=1S/C13H27NO2/c1-7-13(5,12(2,3)4)11(15)16-10-8-9-14-6/h14H,7-10H2,1-6H3. The zero-order valence-corrected chi connectivity index (χ0v) is 11.6. The van der Waals surface area contributed by atoms with Crippen molar-refractivity contribution in [2.24, 2.45) is 10.8 Å². The molecule has 1 unspecified atom stereocenters. The van der Waals surface area contributed by atoms with Crippen LogP contribution >= 0.6 is 0 Å². The number of carbonyl (C=O) groups excluding carboxylic acids is 1. The number of carbonyl (C=O) groups is 1. The molecule has 1 N–H and O–H groups in total. The molecule has 0 radical (unpaired) electrons. The van der Waals surface area contributed by atoms with Gasteiger partial charge in [-0.3, -0.25) is 4.79 Å². The monoisotopic (exact) mass is 229 g/mol. The average Bonchev–Trinajstić information content (AvgIpc) is 2.21. The van der Waals surface area contributed by atoms with Gasteiger partial charge in [-0.1, -0.05) is 27.7 Å². The molecule has 0 heterocycles. The third-order valence-corrected chi connectivity index (χ3v) is 3.62. The maximum atomic E-state index is 12.1. The average molecular weight is 229 g/mol. The summed E-state index contributed by atoms with van der Waals surface area (Å²) in [6, 6.07) is 0. The molecule has 3 heteroatoms. The van der Waals surface area contributed by atoms with E-state index in [1.54, 1.807) is 0 Å². The van der Waals surface area contributed by atoms with Crippen LogP contribution in [0.3, 0.4) is 0 Å². The molecule has 0 saturated heterocycles. The van der Waals surface area contributed by atoms with Gasteiger partial charge < -0.3 is 10.1 Å². The van der Waals surface area contributed by atoms with E-state index in [4.69, 9.17) is 4.74 Å². The van der Waals surface area contributed by atoms with Crippen LogP contribution in [0.15, 0.2) is 0 Å². The molecule has 0 rings (SSSR count). The van der Waals surface area contributed by atoms with Crippen LogP contribution in [-0.4, -0.2) is 26.2 Å². The number of hydrogen-bond acceptors (Lipinski definition) is 3. The summed E-state index contributed by atoms with van der Waals surface area (Å²) in [6.45, 7) is 11.7. The van der Waals surface area contributed by atoms with Gasteiger partial charge in [0.2, 0.25) is 0 Å². The molecule has 0 aliphatic carbocycles. The van der Waals surface area contributed by atoms with Crippen molar-refractivity contribution < 1.29 is 9.53 Å². The highest BCUT2D eigenvalue weighted by atomic mass is 16.5. The molecule has 0 aliphatic heterocycles. The molecule has 0 aromatic rings. The van der Waals surface area contributed by atoms with E-state index in [0.29, 0.717) is 6.61 Å². The summed E-state index contributed by atoms with van der Waals surface area (Å²) in [5.74, 6) is -0.0707. The van der Waals surface area contributed by atoms with E-state index in [2.05, 4.69) is 26.1 Å². The van der Waals surface area contributed by atoms with E-state index in [1.807, 2.05) is 20.9 Å². The molecule has 0 saturated carbocycles. The number of hydrogen-bond donors (Lipinski definition) is 1. The van der Waals surface area contributed by atoms with Gasteiger partial charge in [-0.15, -0.1) is 0 Å². The molecule has 0 aromatic heterocycles. The molecular formula is C13H27NO2. The Morgan fingerprint density at radius 1 is 1.25 bits per heavy atom. The Bertz CT molecular complexity index is 220. The predicted molar refractivity (Wildman–Crippen MR) is 67.4 cm³/mol. The van der Waals surface area contributed by atoms with Crippen LogP contribution in [0.4, 0.5) is 0 Å². The number of rotatable bonds is 6. The van der Waals surface area contributed by atoms with E-state index >= 15 is 0 Å². The van der Waals surface area contributed by atoms with E-state index < -0.39 is 5.41 Å². The highest BCUT2D eigenvalue weighted by Crippen LogP contribution is 2.42. The lowest BCUT2D eigenvalue weighted by Crippen LogP contribution is -2.41. The highest BCUT2D eigenvalue weighted by Gasteiger charge is 2.43. The first-order valence-electron chi connectivity index (χ1n) is 6.11. The van der Waals surface area contributed by atoms with Crippen molar-refractivity contribution in [3.63, 3.8) is 0 Å². The Morgan fingerprint density at radius 3 is 2.19 bits per heavy atom. The first-order chi connectivity index (χ1) is 7.29. The van der Waals surface area contributed by atoms with Crippen molar-refractivity contribution in [1.29, 1.82) is 0 Å². The lowest BCUT2D eigenvalue weighted by molar-refractivity contribution is -0.162. The summed E-state index contributed by atoms with van der Waals surface area (Å²) < 4.78 is 5.35. The van der Waals surface area contributed by atoms with E-state index in [0.717, 1.165) is 19.4 Å². The Hall–Kier alpha value is -0.570. The Labute approximate surface area is 99.9 Å². The van der Waals surface area contributed by atoms with Crippen molar-refractivity contribution in [2.45, 2.75) is 47.5 Å². The van der Waals surface area contributed by atoms with Crippen molar-refractivity contribution in [1.82, 2.24) is 5.32 Å². The van der Waals surface area contributed by atoms with Crippen LogP contribution in [0.5, 0.6) is 0 Å². The zero-order chi connectivity index (χ0) is 12.8. The maximum absolute atomic E-state index is 12.1. The Morgan fingerprint density at radius 2 is 1.81 bits per heavy atom. The summed E-state index contributed by atoms with van der Waals surface area (Å²) in [5.41, 5.74) is -0.464. The van der Waals surface area contributed by atoms with Gasteiger partial charge in [0, 0.05) is 0 Å². The minimum absolute atomic E-state index is 0.0676. The third kappa shape index (κ3) is 3.78. The topological polar surface area (TPSA) is 38.3 Å². The van der Waals surface area contributed by atoms with Gasteiger partial charge in [-0.05, 0) is 38.8 Å². The van der Waals surface area contributed by atoms with E-state index in [1.165, 1.54) is 0 Å². The quantitative estimate of drug-likeness (QED) is 0.562. The first-order valence-corrected chi connectivity index (χ1v) is 6.11. The second-order valence-corrected chi connectivity index (χ2v) is 5.53. The minimum atomic E-state index is -0.396. The predicted octanol–water partition coefficient (Wildman–Crippen LogP) is 2.60. The summed E-state index contributed by atoms with van der Waals surface area (Å²) >= 11 is 0. The van der Waals surface area contributed by atoms with Crippen molar-refractivity contribution >= 4 is 5.97 Å². The summed E-state index contributed by atoms with van der Waals surface area (Å²) in [6.07, 6.45) is 1.67. The van der Waals surface area contributed by atoms with E-state index in [-0.39, 0.29) is 11.4 Å². The van der Waals surface area contributed by atoms with Crippen LogP contribution in [0, 0.1) is 10.8 Å². The molecule has 3 nitrogen and oxygen atoms in total. The van der Waals surface area contributed by atoms with Gasteiger partial charge >= 0.3 is 5.97 Å². The third-order valence-electron chi connectivity index (χ3n) is 3.62. The van der Waals surface area contributed by atoms with Crippen molar-refractivity contribution in [3.8, 4) is 0 Å². The molecule has 96 valence electrons. The van der Waals surface area contributed by atoms with Crippen LogP contribution in [0.2, 0.25) is 0 Å². The van der Waals surface area contributed by atoms with Crippen LogP contribution in [-0.2, 0) is 9.53 Å². The van der Waals surface area contributed by atoms with Gasteiger partial charge in [-0.2, -0.15) is 0 Å². The second kappa shape index (κ2) is 6.24. The number of ether oxygens (including phenoxy) is 1. The molecule has 0 aromatic carbocycles. The van der Waals surface area contributed by atoms with Gasteiger partial charge in [-0.25, -0.2) is 0 Å². The summed E-state index contributed by atoms with van der Waals surface area (Å²) in [4.78, 5) is 12.1. The fourth-order valence-corrected chi connectivity index (χ4v) is 1.55. The summed E-state index contributed by atoms with van der Waals surface area (Å²) in [7, 11) is 1.90. The van der Waals surface area contributed by atoms with Crippen molar-refractivity contribution in [2.75, 3.05) is 20.2 Å². The molecule has 16 heavy (non-hydrogen) atoms. The lowest BCUT2D eigenvalue weighted by Gasteiger charge is -2.38. The second-order valence-electron chi connectivity index (χ2n) is 5.53. The Balaban J connectivity index is 4.32. The fraction of sp³-hybridized carbons (Fsp3) is 0.923. The molecular weight excluding hydrogens is 202 g/mol. The van der Waals surface area contributed by atoms with Crippen LogP contribution in [0.1, 0.15) is 47.5 Å². The van der Waals surface area contributed by atoms with Crippen LogP contribution in [0.25, 0.3) is 0 Å². The SMILES string of the molecule is CCC(C)(C(=O)OCCCNC)C(C)(C)C.